The lowest BCUT2D eigenvalue weighted by Crippen LogP contribution is -2.51. The van der Waals surface area contributed by atoms with Crippen molar-refractivity contribution in [1.29, 1.82) is 0 Å². The zero-order valence-electron chi connectivity index (χ0n) is 18.5. The molecule has 4 aliphatic carbocycles. The molecule has 0 bridgehead atoms. The van der Waals surface area contributed by atoms with E-state index in [1.54, 1.807) is 28.7 Å². The zero-order chi connectivity index (χ0) is 21.4. The second kappa shape index (κ2) is 7.31. The summed E-state index contributed by atoms with van der Waals surface area (Å²) in [5.74, 6) is 1.83. The number of nitrogens with zero attached hydrogens (tertiary/aromatic N) is 1. The number of rotatable bonds is 2. The quantitative estimate of drug-likeness (QED) is 0.541. The number of allylic oxidation sites excluding steroid dienone is 2. The number of thiazole rings is 1. The lowest BCUT2D eigenvalue weighted by Gasteiger charge is -2.57. The second-order valence-corrected chi connectivity index (χ2v) is 13.5. The fraction of sp³-hybridized carbons (Fsp3) is 0.654. The normalized spacial score (nSPS) is 44.5. The maximum absolute atomic E-state index is 11.1. The SMILES string of the molecule is C[C@]12CC=C3[C@@H](CC[C@@H]4C[C@@H](O)C(Sc5nc6ccccc6s5)C[C@]34C)[C@@H]1CC[C@@H]2O. The standard InChI is InChI=1S/C26H33NO2S2/c1-25-12-11-18-16(17(25)9-10-23(25)29)8-7-15-13-20(28)22(14-26(15,18)2)31-24-27-19-5-3-4-6-21(19)30-24/h3-6,11,15-17,20,22-23,28-29H,7-10,12-14H2,1-2H3/t15-,16+,17+,20-,22?,23+,25+,26+/m1/s1. The molecule has 0 radical (unpaired) electrons. The Morgan fingerprint density at radius 3 is 2.77 bits per heavy atom. The van der Waals surface area contributed by atoms with Crippen LogP contribution in [0.4, 0.5) is 0 Å². The lowest BCUT2D eigenvalue weighted by molar-refractivity contribution is -0.0238. The van der Waals surface area contributed by atoms with Crippen LogP contribution in [0.2, 0.25) is 0 Å². The lowest BCUT2D eigenvalue weighted by atomic mass is 9.49. The summed E-state index contributed by atoms with van der Waals surface area (Å²) in [5.41, 5.74) is 2.98. The monoisotopic (exact) mass is 455 g/mol. The van der Waals surface area contributed by atoms with E-state index >= 15 is 0 Å². The molecule has 0 saturated heterocycles. The molecular weight excluding hydrogens is 422 g/mol. The molecule has 3 saturated carbocycles. The van der Waals surface area contributed by atoms with E-state index in [9.17, 15) is 10.2 Å². The number of thioether (sulfide) groups is 1. The molecule has 6 rings (SSSR count). The molecule has 3 nitrogen and oxygen atoms in total. The van der Waals surface area contributed by atoms with Crippen molar-refractivity contribution < 1.29 is 10.2 Å². The van der Waals surface area contributed by atoms with Gasteiger partial charge in [-0.1, -0.05) is 49.4 Å². The Kier molecular flexibility index (Phi) is 4.88. The van der Waals surface area contributed by atoms with Gasteiger partial charge in [0.05, 0.1) is 22.4 Å². The third-order valence-electron chi connectivity index (χ3n) is 9.50. The van der Waals surface area contributed by atoms with Crippen molar-refractivity contribution >= 4 is 33.3 Å². The van der Waals surface area contributed by atoms with Crippen LogP contribution in [0.1, 0.15) is 58.8 Å². The fourth-order valence-electron chi connectivity index (χ4n) is 7.65. The number of aliphatic hydroxyl groups excluding tert-OH is 2. The molecule has 3 fully saturated rings. The van der Waals surface area contributed by atoms with Crippen LogP contribution in [0, 0.1) is 28.6 Å². The summed E-state index contributed by atoms with van der Waals surface area (Å²) in [6.45, 7) is 4.81. The van der Waals surface area contributed by atoms with E-state index in [4.69, 9.17) is 4.98 Å². The van der Waals surface area contributed by atoms with Crippen molar-refractivity contribution in [2.24, 2.45) is 28.6 Å². The molecule has 4 aliphatic rings. The van der Waals surface area contributed by atoms with E-state index in [1.165, 1.54) is 24.0 Å². The van der Waals surface area contributed by atoms with Crippen molar-refractivity contribution in [3.05, 3.63) is 35.9 Å². The number of para-hydroxylation sites is 1. The van der Waals surface area contributed by atoms with E-state index < -0.39 is 0 Å². The average molecular weight is 456 g/mol. The van der Waals surface area contributed by atoms with Gasteiger partial charge in [0.15, 0.2) is 4.34 Å². The fourth-order valence-corrected chi connectivity index (χ4v) is 10.3. The minimum atomic E-state index is -0.255. The molecule has 1 heterocycles. The predicted molar refractivity (Wildman–Crippen MR) is 128 cm³/mol. The molecular formula is C26H33NO2S2. The Labute approximate surface area is 193 Å². The average Bonchev–Trinajstić information content (AvgIpc) is 3.29. The predicted octanol–water partition coefficient (Wildman–Crippen LogP) is 6.05. The van der Waals surface area contributed by atoms with Crippen LogP contribution in [0.25, 0.3) is 10.2 Å². The van der Waals surface area contributed by atoms with E-state index in [2.05, 4.69) is 38.1 Å². The summed E-state index contributed by atoms with van der Waals surface area (Å²) in [6.07, 6.45) is 9.69. The maximum Gasteiger partial charge on any atom is 0.151 e. The van der Waals surface area contributed by atoms with Crippen LogP contribution in [0.3, 0.4) is 0 Å². The van der Waals surface area contributed by atoms with Crippen molar-refractivity contribution in [3.8, 4) is 0 Å². The first-order valence-corrected chi connectivity index (χ1v) is 13.7. The Hall–Kier alpha value is -0.880. The Morgan fingerprint density at radius 2 is 1.94 bits per heavy atom. The minimum Gasteiger partial charge on any atom is -0.393 e. The van der Waals surface area contributed by atoms with Crippen LogP contribution >= 0.6 is 23.1 Å². The molecule has 1 aromatic carbocycles. The summed E-state index contributed by atoms with van der Waals surface area (Å²) < 4.78 is 2.31. The largest absolute Gasteiger partial charge is 0.393 e. The van der Waals surface area contributed by atoms with Gasteiger partial charge in [0.2, 0.25) is 0 Å². The zero-order valence-corrected chi connectivity index (χ0v) is 20.1. The first kappa shape index (κ1) is 20.7. The summed E-state index contributed by atoms with van der Waals surface area (Å²) in [6, 6.07) is 8.33. The number of benzene rings is 1. The van der Waals surface area contributed by atoms with Crippen LogP contribution in [0.5, 0.6) is 0 Å². The van der Waals surface area contributed by atoms with Gasteiger partial charge in [-0.15, -0.1) is 11.3 Å². The van der Waals surface area contributed by atoms with Crippen LogP contribution in [-0.4, -0.2) is 32.7 Å². The first-order valence-electron chi connectivity index (χ1n) is 12.0. The van der Waals surface area contributed by atoms with Gasteiger partial charge in [-0.05, 0) is 80.2 Å². The van der Waals surface area contributed by atoms with Crippen molar-refractivity contribution in [2.75, 3.05) is 0 Å². The number of hydrogen-bond donors (Lipinski definition) is 2. The van der Waals surface area contributed by atoms with Gasteiger partial charge in [-0.25, -0.2) is 4.98 Å². The molecule has 5 heteroatoms. The number of fused-ring (bicyclic) bond motifs is 6. The van der Waals surface area contributed by atoms with Crippen molar-refractivity contribution in [1.82, 2.24) is 4.98 Å². The van der Waals surface area contributed by atoms with Gasteiger partial charge >= 0.3 is 0 Å². The highest BCUT2D eigenvalue weighted by atomic mass is 32.2. The summed E-state index contributed by atoms with van der Waals surface area (Å²) in [5, 5.41) is 22.0. The second-order valence-electron chi connectivity index (χ2n) is 11.0. The van der Waals surface area contributed by atoms with E-state index in [0.717, 1.165) is 35.5 Å². The Morgan fingerprint density at radius 1 is 1.10 bits per heavy atom. The maximum atomic E-state index is 11.1. The van der Waals surface area contributed by atoms with E-state index in [1.807, 2.05) is 6.07 Å². The summed E-state index contributed by atoms with van der Waals surface area (Å²) >= 11 is 3.56. The van der Waals surface area contributed by atoms with Crippen LogP contribution in [-0.2, 0) is 0 Å². The molecule has 31 heavy (non-hydrogen) atoms. The van der Waals surface area contributed by atoms with Crippen LogP contribution in [0.15, 0.2) is 40.3 Å². The Balaban J connectivity index is 1.29. The minimum absolute atomic E-state index is 0.0701. The number of hydrogen-bond acceptors (Lipinski definition) is 5. The molecule has 2 aromatic rings. The highest BCUT2D eigenvalue weighted by Crippen LogP contribution is 2.65. The van der Waals surface area contributed by atoms with E-state index in [-0.39, 0.29) is 28.3 Å². The van der Waals surface area contributed by atoms with Crippen molar-refractivity contribution in [3.63, 3.8) is 0 Å². The van der Waals surface area contributed by atoms with Gasteiger partial charge in [0.25, 0.3) is 0 Å². The third-order valence-corrected chi connectivity index (χ3v) is 11.9. The molecule has 1 aromatic heterocycles. The van der Waals surface area contributed by atoms with Gasteiger partial charge in [0.1, 0.15) is 0 Å². The Bertz CT molecular complexity index is 1000. The summed E-state index contributed by atoms with van der Waals surface area (Å²) in [4.78, 5) is 4.84. The van der Waals surface area contributed by atoms with Gasteiger partial charge in [0, 0.05) is 10.7 Å². The van der Waals surface area contributed by atoms with Gasteiger partial charge in [-0.3, -0.25) is 0 Å². The molecule has 2 N–H and O–H groups in total. The smallest absolute Gasteiger partial charge is 0.151 e. The first-order chi connectivity index (χ1) is 14.9. The molecule has 0 aliphatic heterocycles. The highest BCUT2D eigenvalue weighted by molar-refractivity contribution is 8.01. The number of aromatic nitrogens is 1. The van der Waals surface area contributed by atoms with E-state index in [0.29, 0.717) is 17.8 Å². The molecule has 8 atom stereocenters. The topological polar surface area (TPSA) is 53.4 Å². The van der Waals surface area contributed by atoms with Gasteiger partial charge < -0.3 is 10.2 Å². The van der Waals surface area contributed by atoms with Crippen LogP contribution < -0.4 is 0 Å². The van der Waals surface area contributed by atoms with Gasteiger partial charge in [-0.2, -0.15) is 0 Å². The molecule has 1 unspecified atom stereocenters. The highest BCUT2D eigenvalue weighted by Gasteiger charge is 2.58. The molecule has 0 spiro atoms. The third kappa shape index (κ3) is 3.10. The van der Waals surface area contributed by atoms with Crippen molar-refractivity contribution in [2.45, 2.75) is 80.6 Å². The number of aliphatic hydroxyl groups is 2. The molecule has 166 valence electrons. The summed E-state index contributed by atoms with van der Waals surface area (Å²) in [7, 11) is 0. The molecule has 0 amide bonds.